The highest BCUT2D eigenvalue weighted by Gasteiger charge is 2.45. The Morgan fingerprint density at radius 3 is 2.77 bits per heavy atom. The monoisotopic (exact) mass is 479 g/mol. The maximum atomic E-state index is 11.0. The van der Waals surface area contributed by atoms with Gasteiger partial charge in [-0.1, -0.05) is 18.7 Å². The number of phosphoric ester groups is 1. The molecule has 2 aromatic heterocycles. The van der Waals surface area contributed by atoms with Gasteiger partial charge < -0.3 is 34.8 Å². The van der Waals surface area contributed by atoms with Gasteiger partial charge in [0.25, 0.3) is 0 Å². The fraction of sp³-hybridized carbons (Fsp3) is 0.688. The van der Waals surface area contributed by atoms with Gasteiger partial charge in [0.15, 0.2) is 28.4 Å². The predicted octanol–water partition coefficient (Wildman–Crippen LogP) is 0.115. The van der Waals surface area contributed by atoms with Crippen molar-refractivity contribution in [1.82, 2.24) is 19.5 Å². The average Bonchev–Trinajstić information content (AvgIpc) is 3.26. The van der Waals surface area contributed by atoms with Crippen LogP contribution in [0.4, 0.5) is 5.82 Å². The summed E-state index contributed by atoms with van der Waals surface area (Å²) >= 11 is 1.46. The van der Waals surface area contributed by atoms with Crippen molar-refractivity contribution in [2.75, 3.05) is 37.9 Å². The number of thioether (sulfide) groups is 1. The van der Waals surface area contributed by atoms with E-state index in [2.05, 4.69) is 24.8 Å². The van der Waals surface area contributed by atoms with E-state index in [1.807, 2.05) is 6.92 Å². The van der Waals surface area contributed by atoms with E-state index in [0.717, 1.165) is 12.2 Å². The van der Waals surface area contributed by atoms with E-state index in [9.17, 15) is 14.8 Å². The Balaban J connectivity index is 1.90. The number of aliphatic hydroxyl groups is 2. The molecule has 13 nitrogen and oxygen atoms in total. The molecule has 0 bridgehead atoms. The van der Waals surface area contributed by atoms with Gasteiger partial charge in [-0.05, 0) is 6.42 Å². The molecule has 5 N–H and O–H groups in total. The van der Waals surface area contributed by atoms with Gasteiger partial charge >= 0.3 is 7.82 Å². The number of imidazole rings is 1. The number of nitrogens with zero attached hydrogens (tertiary/aromatic N) is 4. The Morgan fingerprint density at radius 1 is 1.32 bits per heavy atom. The van der Waals surface area contributed by atoms with Gasteiger partial charge in [0.2, 0.25) is 0 Å². The third-order valence-corrected chi connectivity index (χ3v) is 5.99. The normalized spacial score (nSPS) is 24.2. The van der Waals surface area contributed by atoms with Crippen molar-refractivity contribution in [3.05, 3.63) is 6.33 Å². The van der Waals surface area contributed by atoms with Crippen LogP contribution < -0.4 is 5.32 Å². The highest BCUT2D eigenvalue weighted by Crippen LogP contribution is 2.39. The van der Waals surface area contributed by atoms with Crippen LogP contribution in [0.1, 0.15) is 19.6 Å². The van der Waals surface area contributed by atoms with Crippen molar-refractivity contribution in [3.63, 3.8) is 0 Å². The summed E-state index contributed by atoms with van der Waals surface area (Å²) in [4.78, 5) is 31.1. The fourth-order valence-corrected chi connectivity index (χ4v) is 4.04. The Hall–Kier alpha value is -1.35. The third-order valence-electron chi connectivity index (χ3n) is 4.45. The number of rotatable bonds is 11. The average molecular weight is 479 g/mol. The molecule has 3 rings (SSSR count). The lowest BCUT2D eigenvalue weighted by molar-refractivity contribution is -0.0504. The topological polar surface area (TPSA) is 181 Å². The number of nitrogens with one attached hydrogen (secondary N) is 1. The largest absolute Gasteiger partial charge is 0.469 e. The van der Waals surface area contributed by atoms with Crippen molar-refractivity contribution in [1.29, 1.82) is 0 Å². The molecule has 174 valence electrons. The number of hydrogen-bond acceptors (Lipinski definition) is 11. The second-order valence-corrected chi connectivity index (χ2v) is 9.08. The smallest absolute Gasteiger partial charge is 0.387 e. The van der Waals surface area contributed by atoms with Crippen LogP contribution >= 0.6 is 19.6 Å². The molecular weight excluding hydrogens is 453 g/mol. The summed E-state index contributed by atoms with van der Waals surface area (Å²) in [6.07, 6.45) is -2.73. The maximum Gasteiger partial charge on any atom is 0.469 e. The lowest BCUT2D eigenvalue weighted by atomic mass is 10.1. The molecule has 0 unspecified atom stereocenters. The van der Waals surface area contributed by atoms with Crippen molar-refractivity contribution in [2.45, 2.75) is 43.0 Å². The first kappa shape index (κ1) is 24.3. The highest BCUT2D eigenvalue weighted by molar-refractivity contribution is 7.99. The number of aromatic nitrogens is 4. The third kappa shape index (κ3) is 5.92. The van der Waals surface area contributed by atoms with E-state index in [4.69, 9.17) is 19.3 Å². The Morgan fingerprint density at radius 2 is 2.10 bits per heavy atom. The highest BCUT2D eigenvalue weighted by atomic mass is 32.2. The van der Waals surface area contributed by atoms with Gasteiger partial charge in [-0.25, -0.2) is 19.5 Å². The standard InChI is InChI=1S/C16H26N5O8PS/c1-3-6-31-16-19-13(17-4-5-27-2)10-14(20-16)21(8-18-10)15-12(23)11(22)9(29-15)7-28-30(24,25)26/h8-9,11-12,15,22-23H,3-7H2,1-2H3,(H,17,19,20)(H2,24,25,26)/t9-,11-,12-,15-/m1/s1. The molecular formula is C16H26N5O8PS. The zero-order chi connectivity index (χ0) is 22.6. The number of hydrogen-bond donors (Lipinski definition) is 5. The van der Waals surface area contributed by atoms with Crippen molar-refractivity contribution in [2.24, 2.45) is 0 Å². The van der Waals surface area contributed by atoms with Gasteiger partial charge in [0.05, 0.1) is 19.5 Å². The van der Waals surface area contributed by atoms with E-state index < -0.39 is 39.0 Å². The van der Waals surface area contributed by atoms with Gasteiger partial charge in [0, 0.05) is 19.4 Å². The molecule has 1 aliphatic heterocycles. The zero-order valence-electron chi connectivity index (χ0n) is 17.0. The number of phosphoric acid groups is 1. The Kier molecular flexibility index (Phi) is 8.24. The number of methoxy groups -OCH3 is 1. The van der Waals surface area contributed by atoms with Crippen LogP contribution in [0.25, 0.3) is 11.2 Å². The van der Waals surface area contributed by atoms with Gasteiger partial charge in [0.1, 0.15) is 18.3 Å². The molecule has 0 amide bonds. The Labute approximate surface area is 182 Å². The van der Waals surface area contributed by atoms with E-state index in [0.29, 0.717) is 35.3 Å². The van der Waals surface area contributed by atoms with E-state index >= 15 is 0 Å². The summed E-state index contributed by atoms with van der Waals surface area (Å²) in [5, 5.41) is 24.4. The molecule has 0 aliphatic carbocycles. The van der Waals surface area contributed by atoms with Crippen LogP contribution in [0.2, 0.25) is 0 Å². The van der Waals surface area contributed by atoms with Crippen LogP contribution in [-0.2, 0) is 18.6 Å². The maximum absolute atomic E-state index is 11.0. The van der Waals surface area contributed by atoms with Crippen molar-refractivity contribution < 1.29 is 38.6 Å². The first-order chi connectivity index (χ1) is 14.7. The molecule has 3 heterocycles. The van der Waals surface area contributed by atoms with Crippen LogP contribution in [-0.4, -0.2) is 90.5 Å². The van der Waals surface area contributed by atoms with Crippen LogP contribution in [0, 0.1) is 0 Å². The summed E-state index contributed by atoms with van der Waals surface area (Å²) in [5.74, 6) is 1.30. The van der Waals surface area contributed by atoms with Crippen molar-refractivity contribution in [3.8, 4) is 0 Å². The van der Waals surface area contributed by atoms with Gasteiger partial charge in [-0.15, -0.1) is 0 Å². The summed E-state index contributed by atoms with van der Waals surface area (Å²) in [6.45, 7) is 2.40. The first-order valence-corrected chi connectivity index (χ1v) is 12.1. The van der Waals surface area contributed by atoms with E-state index in [1.165, 1.54) is 22.7 Å². The minimum absolute atomic E-state index is 0.376. The van der Waals surface area contributed by atoms with Crippen LogP contribution in [0.3, 0.4) is 0 Å². The molecule has 0 saturated carbocycles. The molecule has 2 aromatic rings. The molecule has 0 aromatic carbocycles. The quantitative estimate of drug-likeness (QED) is 0.127. The van der Waals surface area contributed by atoms with Gasteiger partial charge in [-0.3, -0.25) is 9.09 Å². The molecule has 1 saturated heterocycles. The molecule has 1 aliphatic rings. The molecule has 0 spiro atoms. The van der Waals surface area contributed by atoms with Gasteiger partial charge in [-0.2, -0.15) is 0 Å². The Bertz CT molecular complexity index is 927. The SMILES string of the molecule is CCCSc1nc(NCCOC)c2ncn([C@@H]3O[C@H](COP(=O)(O)O)[C@@H](O)[C@H]3O)c2n1. The number of ether oxygens (including phenoxy) is 2. The molecule has 0 radical (unpaired) electrons. The first-order valence-electron chi connectivity index (χ1n) is 9.57. The summed E-state index contributed by atoms with van der Waals surface area (Å²) in [6, 6.07) is 0. The minimum atomic E-state index is -4.75. The number of anilines is 1. The molecule has 4 atom stereocenters. The lowest BCUT2D eigenvalue weighted by Gasteiger charge is -2.17. The minimum Gasteiger partial charge on any atom is -0.387 e. The second-order valence-electron chi connectivity index (χ2n) is 6.78. The van der Waals surface area contributed by atoms with Crippen LogP contribution in [0.5, 0.6) is 0 Å². The number of fused-ring (bicyclic) bond motifs is 1. The predicted molar refractivity (Wildman–Crippen MR) is 111 cm³/mol. The fourth-order valence-electron chi connectivity index (χ4n) is 3.00. The van der Waals surface area contributed by atoms with Crippen molar-refractivity contribution >= 4 is 36.6 Å². The second kappa shape index (κ2) is 10.5. The number of aliphatic hydroxyl groups excluding tert-OH is 2. The van der Waals surface area contributed by atoms with E-state index in [-0.39, 0.29) is 0 Å². The van der Waals surface area contributed by atoms with Crippen LogP contribution in [0.15, 0.2) is 11.5 Å². The summed E-state index contributed by atoms with van der Waals surface area (Å²) in [7, 11) is -3.17. The lowest BCUT2D eigenvalue weighted by Crippen LogP contribution is -2.33. The molecule has 31 heavy (non-hydrogen) atoms. The zero-order valence-corrected chi connectivity index (χ0v) is 18.7. The molecule has 1 fully saturated rings. The molecule has 15 heteroatoms. The summed E-state index contributed by atoms with van der Waals surface area (Å²) < 4.78 is 27.5. The summed E-state index contributed by atoms with van der Waals surface area (Å²) in [5.41, 5.74) is 0.818. The van der Waals surface area contributed by atoms with E-state index in [1.54, 1.807) is 7.11 Å².